The van der Waals surface area contributed by atoms with Gasteiger partial charge in [0.05, 0.1) is 17.6 Å². The number of aromatic nitrogens is 5. The van der Waals surface area contributed by atoms with Gasteiger partial charge in [0.25, 0.3) is 0 Å². The fourth-order valence-corrected chi connectivity index (χ4v) is 4.03. The number of nitrogens with zero attached hydrogens (tertiary/aromatic N) is 5. The first-order chi connectivity index (χ1) is 17.7. The van der Waals surface area contributed by atoms with E-state index in [1.165, 1.54) is 12.1 Å². The van der Waals surface area contributed by atoms with Crippen molar-refractivity contribution in [1.29, 1.82) is 0 Å². The van der Waals surface area contributed by atoms with E-state index in [-0.39, 0.29) is 11.2 Å². The van der Waals surface area contributed by atoms with Crippen molar-refractivity contribution < 1.29 is 4.39 Å². The van der Waals surface area contributed by atoms with E-state index in [1.807, 2.05) is 49.6 Å². The minimum absolute atomic E-state index is 0.160. The molecule has 5 rings (SSSR count). The predicted molar refractivity (Wildman–Crippen MR) is 147 cm³/mol. The lowest BCUT2D eigenvalue weighted by Gasteiger charge is -2.15. The summed E-state index contributed by atoms with van der Waals surface area (Å²) in [6, 6.07) is 18.1. The Morgan fingerprint density at radius 2 is 1.70 bits per heavy atom. The second kappa shape index (κ2) is 9.42. The van der Waals surface area contributed by atoms with Gasteiger partial charge in [-0.05, 0) is 42.0 Å². The van der Waals surface area contributed by atoms with Crippen LogP contribution < -0.4 is 16.0 Å². The Labute approximate surface area is 214 Å². The molecule has 0 atom stereocenters. The standard InChI is InChI=1S/C28H29FN8/c1-18(34-26-16-24(28(2,3)4)35-36(26)22-12-8-20(29)9-13-22)33-21-10-6-19(7-11-21)23-17-31-25-14-15-32-37(25)27(23)30-5/h6-17,30,33-34H,1H2,2-5H3. The van der Waals surface area contributed by atoms with Crippen molar-refractivity contribution in [2.45, 2.75) is 26.2 Å². The van der Waals surface area contributed by atoms with Crippen LogP contribution in [0.2, 0.25) is 0 Å². The lowest BCUT2D eigenvalue weighted by molar-refractivity contribution is 0.560. The molecule has 0 aliphatic rings. The molecule has 0 saturated heterocycles. The second-order valence-corrected chi connectivity index (χ2v) is 9.73. The average Bonchev–Trinajstić information content (AvgIpc) is 3.52. The molecule has 8 nitrogen and oxygen atoms in total. The van der Waals surface area contributed by atoms with E-state index >= 15 is 0 Å². The quantitative estimate of drug-likeness (QED) is 0.254. The second-order valence-electron chi connectivity index (χ2n) is 9.73. The lowest BCUT2D eigenvalue weighted by Crippen LogP contribution is -2.13. The van der Waals surface area contributed by atoms with Crippen LogP contribution in [0.15, 0.2) is 85.5 Å². The highest BCUT2D eigenvalue weighted by Crippen LogP contribution is 2.30. The molecule has 5 aromatic rings. The number of hydrogen-bond acceptors (Lipinski definition) is 6. The van der Waals surface area contributed by atoms with Gasteiger partial charge in [-0.15, -0.1) is 0 Å². The Bertz CT molecular complexity index is 1560. The summed E-state index contributed by atoms with van der Waals surface area (Å²) in [6.07, 6.45) is 3.57. The molecule has 3 N–H and O–H groups in total. The molecule has 9 heteroatoms. The van der Waals surface area contributed by atoms with Gasteiger partial charge in [0.1, 0.15) is 23.3 Å². The highest BCUT2D eigenvalue weighted by atomic mass is 19.1. The smallest absolute Gasteiger partial charge is 0.157 e. The largest absolute Gasteiger partial charge is 0.372 e. The summed E-state index contributed by atoms with van der Waals surface area (Å²) in [5.74, 6) is 1.87. The van der Waals surface area contributed by atoms with Crippen LogP contribution >= 0.6 is 0 Å². The molecule has 188 valence electrons. The molecule has 0 fully saturated rings. The predicted octanol–water partition coefficient (Wildman–Crippen LogP) is 6.06. The van der Waals surface area contributed by atoms with Gasteiger partial charge in [0.2, 0.25) is 0 Å². The van der Waals surface area contributed by atoms with Crippen molar-refractivity contribution in [2.24, 2.45) is 0 Å². The molecular weight excluding hydrogens is 467 g/mol. The van der Waals surface area contributed by atoms with Crippen LogP contribution in [0.4, 0.5) is 21.7 Å². The zero-order valence-electron chi connectivity index (χ0n) is 21.2. The minimum atomic E-state index is -0.293. The van der Waals surface area contributed by atoms with Crippen LogP contribution in [0.25, 0.3) is 22.5 Å². The third-order valence-electron chi connectivity index (χ3n) is 5.97. The molecule has 37 heavy (non-hydrogen) atoms. The first-order valence-electron chi connectivity index (χ1n) is 11.9. The van der Waals surface area contributed by atoms with Crippen LogP contribution in [0.1, 0.15) is 26.5 Å². The summed E-state index contributed by atoms with van der Waals surface area (Å²) in [6.45, 7) is 10.4. The van der Waals surface area contributed by atoms with Crippen LogP contribution in [0.3, 0.4) is 0 Å². The van der Waals surface area contributed by atoms with Crippen molar-refractivity contribution in [3.8, 4) is 16.8 Å². The fraction of sp³-hybridized carbons (Fsp3) is 0.179. The number of rotatable bonds is 7. The summed E-state index contributed by atoms with van der Waals surface area (Å²) in [7, 11) is 1.87. The lowest BCUT2D eigenvalue weighted by atomic mass is 9.92. The number of hydrogen-bond donors (Lipinski definition) is 3. The molecule has 2 aromatic carbocycles. The zero-order valence-corrected chi connectivity index (χ0v) is 21.2. The van der Waals surface area contributed by atoms with Gasteiger partial charge in [-0.2, -0.15) is 14.7 Å². The van der Waals surface area contributed by atoms with Gasteiger partial charge < -0.3 is 16.0 Å². The van der Waals surface area contributed by atoms with Gasteiger partial charge in [-0.25, -0.2) is 14.1 Å². The molecule has 0 saturated carbocycles. The van der Waals surface area contributed by atoms with E-state index in [1.54, 1.807) is 27.5 Å². The number of halogens is 1. The SMILES string of the molecule is C=C(Nc1ccc(-c2cnc3ccnn3c2NC)cc1)Nc1cc(C(C)(C)C)nn1-c1ccc(F)cc1. The maximum Gasteiger partial charge on any atom is 0.157 e. The topological polar surface area (TPSA) is 84.1 Å². The van der Waals surface area contributed by atoms with Crippen LogP contribution in [0, 0.1) is 5.82 Å². The van der Waals surface area contributed by atoms with Crippen molar-refractivity contribution in [3.05, 3.63) is 97.0 Å². The third kappa shape index (κ3) is 4.88. The molecule has 0 bridgehead atoms. The first-order valence-corrected chi connectivity index (χ1v) is 11.9. The molecule has 3 aromatic heterocycles. The average molecular weight is 497 g/mol. The molecule has 0 radical (unpaired) electrons. The summed E-state index contributed by atoms with van der Waals surface area (Å²) < 4.78 is 17.0. The van der Waals surface area contributed by atoms with Gasteiger partial charge >= 0.3 is 0 Å². The van der Waals surface area contributed by atoms with E-state index in [2.05, 4.69) is 53.4 Å². The van der Waals surface area contributed by atoms with E-state index < -0.39 is 0 Å². The number of anilines is 3. The summed E-state index contributed by atoms with van der Waals surface area (Å²) in [5, 5.41) is 19.0. The molecule has 0 aliphatic heterocycles. The normalized spacial score (nSPS) is 11.5. The van der Waals surface area contributed by atoms with E-state index in [0.29, 0.717) is 5.82 Å². The molecular formula is C28H29FN8. The number of fused-ring (bicyclic) bond motifs is 1. The van der Waals surface area contributed by atoms with Crippen LogP contribution in [-0.4, -0.2) is 31.4 Å². The summed E-state index contributed by atoms with van der Waals surface area (Å²) in [5.41, 5.74) is 5.08. The maximum atomic E-state index is 13.5. The maximum absolute atomic E-state index is 13.5. The Hall–Kier alpha value is -4.66. The minimum Gasteiger partial charge on any atom is -0.372 e. The molecule has 0 amide bonds. The molecule has 0 unspecified atom stereocenters. The van der Waals surface area contributed by atoms with Gasteiger partial charge in [-0.3, -0.25) is 0 Å². The van der Waals surface area contributed by atoms with Crippen LogP contribution in [0.5, 0.6) is 0 Å². The van der Waals surface area contributed by atoms with Crippen molar-refractivity contribution >= 4 is 23.0 Å². The van der Waals surface area contributed by atoms with Gasteiger partial charge in [-0.1, -0.05) is 39.5 Å². The highest BCUT2D eigenvalue weighted by molar-refractivity contribution is 5.77. The van der Waals surface area contributed by atoms with Crippen molar-refractivity contribution in [2.75, 3.05) is 23.0 Å². The van der Waals surface area contributed by atoms with Gasteiger partial charge in [0.15, 0.2) is 5.65 Å². The third-order valence-corrected chi connectivity index (χ3v) is 5.97. The van der Waals surface area contributed by atoms with Crippen LogP contribution in [-0.2, 0) is 5.41 Å². The highest BCUT2D eigenvalue weighted by Gasteiger charge is 2.21. The summed E-state index contributed by atoms with van der Waals surface area (Å²) in [4.78, 5) is 4.49. The Morgan fingerprint density at radius 3 is 2.38 bits per heavy atom. The molecule has 0 aliphatic carbocycles. The van der Waals surface area contributed by atoms with E-state index in [4.69, 9.17) is 5.10 Å². The number of nitrogens with one attached hydrogen (secondary N) is 3. The Balaban J connectivity index is 1.36. The van der Waals surface area contributed by atoms with Crippen molar-refractivity contribution in [1.82, 2.24) is 24.4 Å². The summed E-state index contributed by atoms with van der Waals surface area (Å²) >= 11 is 0. The molecule has 0 spiro atoms. The van der Waals surface area contributed by atoms with Gasteiger partial charge in [0, 0.05) is 42.0 Å². The Kier molecular flexibility index (Phi) is 6.12. The van der Waals surface area contributed by atoms with E-state index in [9.17, 15) is 4.39 Å². The Morgan fingerprint density at radius 1 is 0.973 bits per heavy atom. The number of benzene rings is 2. The molecule has 3 heterocycles. The first kappa shape index (κ1) is 24.1. The zero-order chi connectivity index (χ0) is 26.2. The monoisotopic (exact) mass is 496 g/mol. The fourth-order valence-electron chi connectivity index (χ4n) is 4.03. The van der Waals surface area contributed by atoms with E-state index in [0.717, 1.165) is 45.5 Å². The van der Waals surface area contributed by atoms with Crippen molar-refractivity contribution in [3.63, 3.8) is 0 Å².